The van der Waals surface area contributed by atoms with Gasteiger partial charge in [0.2, 0.25) is 0 Å². The van der Waals surface area contributed by atoms with E-state index < -0.39 is 11.5 Å². The molecule has 0 saturated heterocycles. The molecule has 0 N–H and O–H groups in total. The number of amides is 1. The Morgan fingerprint density at radius 1 is 1.27 bits per heavy atom. The molecule has 2 heterocycles. The van der Waals surface area contributed by atoms with Gasteiger partial charge in [0, 0.05) is 25.5 Å². The van der Waals surface area contributed by atoms with E-state index in [1.54, 1.807) is 54.7 Å². The first-order valence-electron chi connectivity index (χ1n) is 7.99. The summed E-state index contributed by atoms with van der Waals surface area (Å²) in [6.07, 6.45) is 4.50. The van der Waals surface area contributed by atoms with Crippen molar-refractivity contribution in [3.05, 3.63) is 94.6 Å². The summed E-state index contributed by atoms with van der Waals surface area (Å²) >= 11 is 0. The van der Waals surface area contributed by atoms with E-state index in [0.717, 1.165) is 5.56 Å². The van der Waals surface area contributed by atoms with Crippen molar-refractivity contribution in [1.29, 1.82) is 5.26 Å². The van der Waals surface area contributed by atoms with Crippen LogP contribution in [0.5, 0.6) is 0 Å². The second-order valence-corrected chi connectivity index (χ2v) is 5.69. The van der Waals surface area contributed by atoms with Crippen molar-refractivity contribution in [2.75, 3.05) is 6.54 Å². The van der Waals surface area contributed by atoms with Crippen LogP contribution in [0.25, 0.3) is 5.65 Å². The number of nitriles is 1. The number of fused-ring (bicyclic) bond motifs is 1. The molecule has 6 heteroatoms. The molecule has 0 aliphatic rings. The van der Waals surface area contributed by atoms with Crippen LogP contribution in [-0.2, 0) is 6.54 Å². The standard InChI is InChI=1S/C20H16N4O2/c1-2-10-23(14-16-8-6-15(12-21)7-9-16)19(25)17-13-22-18-5-3-4-11-24(18)20(17)26/h2-9,11,13H,1,10,14H2. The zero-order valence-corrected chi connectivity index (χ0v) is 14.0. The molecule has 128 valence electrons. The molecular weight excluding hydrogens is 328 g/mol. The Balaban J connectivity index is 1.93. The third-order valence-corrected chi connectivity index (χ3v) is 3.94. The minimum atomic E-state index is -0.412. The van der Waals surface area contributed by atoms with Crippen LogP contribution in [0.15, 0.2) is 72.3 Å². The highest BCUT2D eigenvalue weighted by Gasteiger charge is 2.19. The molecule has 0 unspecified atom stereocenters. The van der Waals surface area contributed by atoms with Gasteiger partial charge in [-0.2, -0.15) is 5.26 Å². The highest BCUT2D eigenvalue weighted by Crippen LogP contribution is 2.10. The second kappa shape index (κ2) is 7.45. The Morgan fingerprint density at radius 3 is 2.73 bits per heavy atom. The van der Waals surface area contributed by atoms with Crippen molar-refractivity contribution in [3.8, 4) is 6.07 Å². The molecule has 0 radical (unpaired) electrons. The average molecular weight is 344 g/mol. The van der Waals surface area contributed by atoms with Crippen molar-refractivity contribution in [1.82, 2.24) is 14.3 Å². The SMILES string of the molecule is C=CCN(Cc1ccc(C#N)cc1)C(=O)c1cnc2ccccn2c1=O. The van der Waals surface area contributed by atoms with E-state index in [0.29, 0.717) is 17.8 Å². The summed E-state index contributed by atoms with van der Waals surface area (Å²) in [4.78, 5) is 31.2. The summed E-state index contributed by atoms with van der Waals surface area (Å²) in [6.45, 7) is 4.27. The molecule has 0 aliphatic carbocycles. The molecule has 26 heavy (non-hydrogen) atoms. The fourth-order valence-corrected chi connectivity index (χ4v) is 2.62. The van der Waals surface area contributed by atoms with Gasteiger partial charge in [-0.05, 0) is 29.8 Å². The van der Waals surface area contributed by atoms with E-state index in [-0.39, 0.29) is 12.1 Å². The zero-order chi connectivity index (χ0) is 18.5. The first-order chi connectivity index (χ1) is 12.6. The van der Waals surface area contributed by atoms with E-state index in [4.69, 9.17) is 5.26 Å². The van der Waals surface area contributed by atoms with Gasteiger partial charge in [0.25, 0.3) is 11.5 Å². The van der Waals surface area contributed by atoms with Crippen LogP contribution in [0.2, 0.25) is 0 Å². The summed E-state index contributed by atoms with van der Waals surface area (Å²) in [5.74, 6) is -0.412. The summed E-state index contributed by atoms with van der Waals surface area (Å²) in [6, 6.07) is 14.2. The first kappa shape index (κ1) is 17.1. The summed E-state index contributed by atoms with van der Waals surface area (Å²) in [5, 5.41) is 8.88. The minimum Gasteiger partial charge on any atom is -0.330 e. The molecule has 0 atom stereocenters. The van der Waals surface area contributed by atoms with Crippen LogP contribution in [-0.4, -0.2) is 26.7 Å². The molecule has 1 aromatic carbocycles. The van der Waals surface area contributed by atoms with Crippen LogP contribution in [0, 0.1) is 11.3 Å². The maximum absolute atomic E-state index is 12.9. The number of hydrogen-bond acceptors (Lipinski definition) is 4. The van der Waals surface area contributed by atoms with Gasteiger partial charge in [0.05, 0.1) is 11.6 Å². The number of aromatic nitrogens is 2. The van der Waals surface area contributed by atoms with Gasteiger partial charge in [-0.3, -0.25) is 14.0 Å². The van der Waals surface area contributed by atoms with Crippen LogP contribution in [0.4, 0.5) is 0 Å². The monoisotopic (exact) mass is 344 g/mol. The van der Waals surface area contributed by atoms with E-state index in [9.17, 15) is 9.59 Å². The Morgan fingerprint density at radius 2 is 2.04 bits per heavy atom. The lowest BCUT2D eigenvalue weighted by Gasteiger charge is -2.21. The number of nitrogens with zero attached hydrogens (tertiary/aromatic N) is 4. The van der Waals surface area contributed by atoms with Crippen LogP contribution in [0.3, 0.4) is 0 Å². The molecule has 6 nitrogen and oxygen atoms in total. The van der Waals surface area contributed by atoms with Gasteiger partial charge in [-0.25, -0.2) is 4.98 Å². The summed E-state index contributed by atoms with van der Waals surface area (Å²) < 4.78 is 1.35. The molecule has 3 aromatic rings. The molecule has 1 amide bonds. The molecule has 0 aliphatic heterocycles. The Kier molecular flexibility index (Phi) is 4.90. The Bertz CT molecular complexity index is 1060. The topological polar surface area (TPSA) is 78.5 Å². The molecule has 0 bridgehead atoms. The zero-order valence-electron chi connectivity index (χ0n) is 14.0. The van der Waals surface area contributed by atoms with E-state index in [1.165, 1.54) is 15.5 Å². The van der Waals surface area contributed by atoms with Crippen molar-refractivity contribution in [2.45, 2.75) is 6.54 Å². The number of benzene rings is 1. The molecule has 0 fully saturated rings. The molecule has 0 saturated carbocycles. The lowest BCUT2D eigenvalue weighted by atomic mass is 10.1. The quantitative estimate of drug-likeness (QED) is 0.666. The predicted molar refractivity (Wildman–Crippen MR) is 97.6 cm³/mol. The number of carbonyl (C=O) groups is 1. The van der Waals surface area contributed by atoms with E-state index >= 15 is 0 Å². The molecule has 2 aromatic heterocycles. The van der Waals surface area contributed by atoms with Gasteiger partial charge in [0.15, 0.2) is 0 Å². The first-order valence-corrected chi connectivity index (χ1v) is 7.99. The number of rotatable bonds is 5. The second-order valence-electron chi connectivity index (χ2n) is 5.69. The summed E-state index contributed by atoms with van der Waals surface area (Å²) in [7, 11) is 0. The van der Waals surface area contributed by atoms with Crippen molar-refractivity contribution in [2.24, 2.45) is 0 Å². The summed E-state index contributed by atoms with van der Waals surface area (Å²) in [5.41, 5.74) is 1.48. The van der Waals surface area contributed by atoms with Crippen molar-refractivity contribution in [3.63, 3.8) is 0 Å². The third kappa shape index (κ3) is 3.37. The van der Waals surface area contributed by atoms with Crippen LogP contribution < -0.4 is 5.56 Å². The predicted octanol–water partition coefficient (Wildman–Crippen LogP) is 2.39. The highest BCUT2D eigenvalue weighted by atomic mass is 16.2. The maximum atomic E-state index is 12.9. The Labute approximate surface area is 150 Å². The molecular formula is C20H16N4O2. The lowest BCUT2D eigenvalue weighted by Crippen LogP contribution is -2.35. The largest absolute Gasteiger partial charge is 0.330 e. The number of pyridine rings is 1. The van der Waals surface area contributed by atoms with E-state index in [2.05, 4.69) is 17.6 Å². The number of carbonyl (C=O) groups excluding carboxylic acids is 1. The Hall–Kier alpha value is -3.72. The van der Waals surface area contributed by atoms with Gasteiger partial charge < -0.3 is 4.90 Å². The fourth-order valence-electron chi connectivity index (χ4n) is 2.62. The average Bonchev–Trinajstić information content (AvgIpc) is 2.68. The van der Waals surface area contributed by atoms with Gasteiger partial charge in [-0.1, -0.05) is 24.3 Å². The third-order valence-electron chi connectivity index (χ3n) is 3.94. The van der Waals surface area contributed by atoms with Crippen LogP contribution in [0.1, 0.15) is 21.5 Å². The highest BCUT2D eigenvalue weighted by molar-refractivity contribution is 5.93. The van der Waals surface area contributed by atoms with Gasteiger partial charge in [0.1, 0.15) is 11.2 Å². The normalized spacial score (nSPS) is 10.3. The smallest absolute Gasteiger partial charge is 0.270 e. The maximum Gasteiger partial charge on any atom is 0.270 e. The van der Waals surface area contributed by atoms with Gasteiger partial charge >= 0.3 is 0 Å². The van der Waals surface area contributed by atoms with Crippen molar-refractivity contribution >= 4 is 11.6 Å². The lowest BCUT2D eigenvalue weighted by molar-refractivity contribution is 0.0760. The molecule has 0 spiro atoms. The van der Waals surface area contributed by atoms with Gasteiger partial charge in [-0.15, -0.1) is 6.58 Å². The van der Waals surface area contributed by atoms with Crippen molar-refractivity contribution < 1.29 is 4.79 Å². The molecule has 3 rings (SSSR count). The minimum absolute atomic E-state index is 0.00388. The van der Waals surface area contributed by atoms with Crippen LogP contribution >= 0.6 is 0 Å². The van der Waals surface area contributed by atoms with E-state index in [1.807, 2.05) is 0 Å². The number of hydrogen-bond donors (Lipinski definition) is 0. The fraction of sp³-hybridized carbons (Fsp3) is 0.100.